The minimum absolute atomic E-state index is 0.0335. The number of aryl methyl sites for hydroxylation is 3. The molecule has 8 heteroatoms. The highest BCUT2D eigenvalue weighted by Gasteiger charge is 2.17. The lowest BCUT2D eigenvalue weighted by atomic mass is 10.0. The van der Waals surface area contributed by atoms with Crippen molar-refractivity contribution in [1.29, 1.82) is 0 Å². The van der Waals surface area contributed by atoms with Gasteiger partial charge in [-0.3, -0.25) is 4.98 Å². The molecule has 1 unspecified atom stereocenters. The second kappa shape index (κ2) is 12.1. The van der Waals surface area contributed by atoms with Gasteiger partial charge in [-0.15, -0.1) is 0 Å². The number of hydrogen-bond donors (Lipinski definition) is 3. The molecule has 0 radical (unpaired) electrons. The van der Waals surface area contributed by atoms with E-state index in [0.717, 1.165) is 52.2 Å². The highest BCUT2D eigenvalue weighted by Crippen LogP contribution is 2.31. The van der Waals surface area contributed by atoms with Gasteiger partial charge in [0.2, 0.25) is 5.82 Å². The predicted molar refractivity (Wildman–Crippen MR) is 132 cm³/mol. The summed E-state index contributed by atoms with van der Waals surface area (Å²) in [4.78, 5) is 9.28. The number of aromatic nitrogens is 3. The summed E-state index contributed by atoms with van der Waals surface area (Å²) in [6.07, 6.45) is 0.984. The smallest absolute Gasteiger partial charge is 0.258 e. The molecule has 0 aliphatic heterocycles. The zero-order valence-electron chi connectivity index (χ0n) is 20.8. The molecule has 0 saturated heterocycles. The first-order chi connectivity index (χ1) is 16.3. The Hall–Kier alpha value is -2.81. The van der Waals surface area contributed by atoms with Gasteiger partial charge in [-0.1, -0.05) is 25.9 Å². The number of nitrogens with one attached hydrogen (secondary N) is 1. The summed E-state index contributed by atoms with van der Waals surface area (Å²) in [5.41, 5.74) is 5.62. The molecule has 184 valence electrons. The number of rotatable bonds is 12. The highest BCUT2D eigenvalue weighted by molar-refractivity contribution is 5.64. The minimum Gasteiger partial charge on any atom is -0.490 e. The first-order valence-corrected chi connectivity index (χ1v) is 11.9. The van der Waals surface area contributed by atoms with Crippen LogP contribution in [-0.2, 0) is 12.8 Å². The van der Waals surface area contributed by atoms with Crippen molar-refractivity contribution in [2.75, 3.05) is 26.3 Å². The maximum absolute atomic E-state index is 10.1. The molecule has 3 aromatic rings. The van der Waals surface area contributed by atoms with Crippen LogP contribution in [0.3, 0.4) is 0 Å². The normalized spacial score (nSPS) is 12.4. The van der Waals surface area contributed by atoms with E-state index in [1.54, 1.807) is 0 Å². The molecule has 0 bridgehead atoms. The van der Waals surface area contributed by atoms with Crippen molar-refractivity contribution in [3.8, 4) is 28.6 Å². The van der Waals surface area contributed by atoms with Crippen molar-refractivity contribution in [2.45, 2.75) is 53.6 Å². The third-order valence-corrected chi connectivity index (χ3v) is 5.38. The number of benzene rings is 1. The summed E-state index contributed by atoms with van der Waals surface area (Å²) < 4.78 is 11.6. The molecule has 8 nitrogen and oxygen atoms in total. The Morgan fingerprint density at radius 1 is 1.09 bits per heavy atom. The molecule has 34 heavy (non-hydrogen) atoms. The Morgan fingerprint density at radius 2 is 1.88 bits per heavy atom. The average Bonchev–Trinajstić information content (AvgIpc) is 3.27. The van der Waals surface area contributed by atoms with Gasteiger partial charge < -0.3 is 24.8 Å². The van der Waals surface area contributed by atoms with E-state index in [1.807, 2.05) is 38.1 Å². The maximum Gasteiger partial charge on any atom is 0.258 e. The van der Waals surface area contributed by atoms with Crippen LogP contribution in [-0.4, -0.2) is 57.7 Å². The average molecular weight is 469 g/mol. The van der Waals surface area contributed by atoms with E-state index in [2.05, 4.69) is 41.2 Å². The van der Waals surface area contributed by atoms with Crippen molar-refractivity contribution in [1.82, 2.24) is 20.4 Å². The van der Waals surface area contributed by atoms with E-state index in [4.69, 9.17) is 14.4 Å². The summed E-state index contributed by atoms with van der Waals surface area (Å²) in [6, 6.07) is 7.96. The van der Waals surface area contributed by atoms with Gasteiger partial charge in [0, 0.05) is 35.6 Å². The van der Waals surface area contributed by atoms with E-state index in [1.165, 1.54) is 0 Å². The van der Waals surface area contributed by atoms with E-state index >= 15 is 0 Å². The van der Waals surface area contributed by atoms with Crippen LogP contribution in [0, 0.1) is 19.8 Å². The van der Waals surface area contributed by atoms with Crippen LogP contribution in [0.2, 0.25) is 0 Å². The number of aliphatic hydroxyl groups excluding tert-OH is 2. The van der Waals surface area contributed by atoms with Crippen LogP contribution in [0.25, 0.3) is 22.8 Å². The quantitative estimate of drug-likeness (QED) is 0.346. The van der Waals surface area contributed by atoms with Crippen LogP contribution in [0.5, 0.6) is 5.75 Å². The fourth-order valence-corrected chi connectivity index (χ4v) is 3.87. The molecule has 0 spiro atoms. The summed E-state index contributed by atoms with van der Waals surface area (Å²) in [6.45, 7) is 11.3. The highest BCUT2D eigenvalue weighted by atomic mass is 16.5. The van der Waals surface area contributed by atoms with E-state index in [-0.39, 0.29) is 13.2 Å². The number of aliphatic hydroxyl groups is 2. The van der Waals surface area contributed by atoms with Crippen LogP contribution >= 0.6 is 0 Å². The zero-order chi connectivity index (χ0) is 24.7. The Morgan fingerprint density at radius 3 is 2.59 bits per heavy atom. The van der Waals surface area contributed by atoms with Crippen molar-refractivity contribution in [2.24, 2.45) is 5.92 Å². The maximum atomic E-state index is 10.1. The molecular formula is C26H36N4O4. The molecule has 0 fully saturated rings. The summed E-state index contributed by atoms with van der Waals surface area (Å²) in [5.74, 6) is 2.27. The lowest BCUT2D eigenvalue weighted by Gasteiger charge is -2.17. The number of ether oxygens (including phenoxy) is 1. The lowest BCUT2D eigenvalue weighted by Crippen LogP contribution is -2.33. The van der Waals surface area contributed by atoms with Crippen LogP contribution in [0.4, 0.5) is 0 Å². The second-order valence-electron chi connectivity index (χ2n) is 9.04. The van der Waals surface area contributed by atoms with Gasteiger partial charge in [-0.25, -0.2) is 0 Å². The SMILES string of the molecule is CCc1cc(-c2noc(-c3cc(C)nc(CC(C)C)c3)n2)cc(C)c1OCC(O)CNCCO. The fraction of sp³-hybridized carbons (Fsp3) is 0.500. The van der Waals surface area contributed by atoms with Gasteiger partial charge in [0.05, 0.1) is 6.61 Å². The van der Waals surface area contributed by atoms with Gasteiger partial charge in [0.15, 0.2) is 0 Å². The Balaban J connectivity index is 1.80. The van der Waals surface area contributed by atoms with Gasteiger partial charge in [-0.2, -0.15) is 4.98 Å². The van der Waals surface area contributed by atoms with Gasteiger partial charge in [0.25, 0.3) is 5.89 Å². The van der Waals surface area contributed by atoms with Gasteiger partial charge >= 0.3 is 0 Å². The molecular weight excluding hydrogens is 432 g/mol. The molecule has 0 aliphatic rings. The van der Waals surface area contributed by atoms with Crippen molar-refractivity contribution >= 4 is 0 Å². The summed E-state index contributed by atoms with van der Waals surface area (Å²) in [7, 11) is 0. The van der Waals surface area contributed by atoms with Crippen LogP contribution in [0.1, 0.15) is 43.3 Å². The minimum atomic E-state index is -0.667. The van der Waals surface area contributed by atoms with E-state index in [0.29, 0.717) is 30.7 Å². The van der Waals surface area contributed by atoms with Gasteiger partial charge in [0.1, 0.15) is 18.5 Å². The molecule has 3 rings (SSSR count). The third-order valence-electron chi connectivity index (χ3n) is 5.38. The fourth-order valence-electron chi connectivity index (χ4n) is 3.87. The molecule has 1 atom stereocenters. The molecule has 3 N–H and O–H groups in total. The van der Waals surface area contributed by atoms with Crippen molar-refractivity contribution in [3.05, 3.63) is 46.8 Å². The molecule has 0 saturated carbocycles. The molecule has 1 aromatic carbocycles. The molecule has 2 aromatic heterocycles. The van der Waals surface area contributed by atoms with E-state index in [9.17, 15) is 5.11 Å². The lowest BCUT2D eigenvalue weighted by molar-refractivity contribution is 0.104. The Kier molecular flexibility index (Phi) is 9.15. The zero-order valence-corrected chi connectivity index (χ0v) is 20.8. The number of hydrogen-bond acceptors (Lipinski definition) is 8. The largest absolute Gasteiger partial charge is 0.490 e. The van der Waals surface area contributed by atoms with Crippen LogP contribution in [0.15, 0.2) is 28.8 Å². The first-order valence-electron chi connectivity index (χ1n) is 11.9. The molecule has 0 amide bonds. The van der Waals surface area contributed by atoms with E-state index < -0.39 is 6.10 Å². The number of nitrogens with zero attached hydrogens (tertiary/aromatic N) is 3. The standard InChI is InChI=1S/C26H36N4O4/c1-6-19-12-20(10-17(4)24(19)33-15-23(32)14-27-7-8-31)25-29-26(34-30-25)21-11-18(5)28-22(13-21)9-16(2)3/h10-13,16,23,27,31-32H,6-9,14-15H2,1-5H3. The number of pyridine rings is 1. The van der Waals surface area contributed by atoms with Crippen LogP contribution < -0.4 is 10.1 Å². The third kappa shape index (κ3) is 6.85. The Labute approximate surface area is 201 Å². The second-order valence-corrected chi connectivity index (χ2v) is 9.04. The monoisotopic (exact) mass is 468 g/mol. The summed E-state index contributed by atoms with van der Waals surface area (Å²) in [5, 5.41) is 26.1. The predicted octanol–water partition coefficient (Wildman–Crippen LogP) is 3.50. The Bertz CT molecular complexity index is 1080. The molecule has 0 aliphatic carbocycles. The van der Waals surface area contributed by atoms with Crippen molar-refractivity contribution in [3.63, 3.8) is 0 Å². The van der Waals surface area contributed by atoms with Gasteiger partial charge in [-0.05, 0) is 68.0 Å². The van der Waals surface area contributed by atoms with Crippen molar-refractivity contribution < 1.29 is 19.5 Å². The first kappa shape index (κ1) is 25.8. The summed E-state index contributed by atoms with van der Waals surface area (Å²) >= 11 is 0. The molecule has 2 heterocycles. The topological polar surface area (TPSA) is 114 Å².